The Morgan fingerprint density at radius 3 is 2.50 bits per heavy atom. The fourth-order valence-electron chi connectivity index (χ4n) is 3.58. The van der Waals surface area contributed by atoms with Crippen LogP contribution in [-0.4, -0.2) is 87.8 Å². The Bertz CT molecular complexity index is 1390. The van der Waals surface area contributed by atoms with E-state index >= 15 is 0 Å². The summed E-state index contributed by atoms with van der Waals surface area (Å²) in [6, 6.07) is 7.02. The normalized spacial score (nSPS) is 12.9. The minimum atomic E-state index is -0.501. The minimum absolute atomic E-state index is 0.0172. The van der Waals surface area contributed by atoms with E-state index in [1.165, 1.54) is 23.3 Å². The van der Waals surface area contributed by atoms with E-state index in [1.54, 1.807) is 31.6 Å². The number of thiazole rings is 1. The summed E-state index contributed by atoms with van der Waals surface area (Å²) in [6.07, 6.45) is 1.69. The van der Waals surface area contributed by atoms with Gasteiger partial charge in [-0.3, -0.25) is 14.4 Å². The average molecular weight is 531 g/mol. The fourth-order valence-corrected chi connectivity index (χ4v) is 4.40. The summed E-state index contributed by atoms with van der Waals surface area (Å²) in [7, 11) is 10.5. The van der Waals surface area contributed by atoms with Crippen LogP contribution in [0.25, 0.3) is 10.6 Å². The third-order valence-corrected chi connectivity index (χ3v) is 6.42. The molecule has 0 aliphatic heterocycles. The number of nitrogens with zero attached hydrogens (tertiary/aromatic N) is 4. The molecule has 3 aromatic rings. The lowest BCUT2D eigenvalue weighted by Gasteiger charge is -2.22. The molecule has 0 spiro atoms. The van der Waals surface area contributed by atoms with E-state index in [2.05, 4.69) is 31.1 Å². The van der Waals surface area contributed by atoms with Gasteiger partial charge in [0.15, 0.2) is 17.3 Å². The van der Waals surface area contributed by atoms with Gasteiger partial charge in [-0.05, 0) is 30.2 Å². The van der Waals surface area contributed by atoms with Crippen molar-refractivity contribution in [1.82, 2.24) is 25.4 Å². The van der Waals surface area contributed by atoms with E-state index in [1.807, 2.05) is 35.7 Å². The molecule has 1 fully saturated rings. The predicted molar refractivity (Wildman–Crippen MR) is 155 cm³/mol. The van der Waals surface area contributed by atoms with Gasteiger partial charge in [-0.2, -0.15) is 0 Å². The number of nitrogens with one attached hydrogen (secondary N) is 3. The second-order valence-corrected chi connectivity index (χ2v) is 11.1. The van der Waals surface area contributed by atoms with Crippen LogP contribution in [0.2, 0.25) is 0 Å². The first-order valence-corrected chi connectivity index (χ1v) is 13.0. The second-order valence-electron chi connectivity index (χ2n) is 10.2. The SMILES string of the molecule is BC(B)(B)NC(=O)c1nnc(NC(=O)C2CC2)cc1Nc1cccc(-c2nc(C(=O)N(C)C)cs2)c1OC. The number of benzene rings is 1. The van der Waals surface area contributed by atoms with Gasteiger partial charge in [0.25, 0.3) is 11.8 Å². The predicted octanol–water partition coefficient (Wildman–Crippen LogP) is -0.357. The van der Waals surface area contributed by atoms with Gasteiger partial charge in [0.1, 0.15) is 34.2 Å². The molecular formula is C23H28B3N7O4S. The van der Waals surface area contributed by atoms with Crippen LogP contribution in [-0.2, 0) is 4.79 Å². The standard InChI is InChI=1S/C23H28B3N7O4S/c1-33(2)22(36)15-10-38-21(28-15)12-5-4-6-13(18(12)37-3)27-14-9-16(29-19(34)11-7-8-11)31-32-17(14)20(35)30-23(24,25)26/h4-6,9-11H,7-8,24-26H2,1-3H3,(H,30,35)(H2,27,29,31,34). The summed E-state index contributed by atoms with van der Waals surface area (Å²) >= 11 is 1.32. The van der Waals surface area contributed by atoms with Crippen molar-refractivity contribution in [3.05, 3.63) is 41.0 Å². The number of aromatic nitrogens is 3. The van der Waals surface area contributed by atoms with Gasteiger partial charge in [-0.25, -0.2) is 4.98 Å². The summed E-state index contributed by atoms with van der Waals surface area (Å²) in [5.41, 5.74) is 1.95. The molecule has 1 aliphatic rings. The van der Waals surface area contributed by atoms with Crippen LogP contribution in [0.15, 0.2) is 29.6 Å². The maximum Gasteiger partial charge on any atom is 0.272 e. The van der Waals surface area contributed by atoms with E-state index in [9.17, 15) is 14.4 Å². The highest BCUT2D eigenvalue weighted by atomic mass is 32.1. The van der Waals surface area contributed by atoms with Crippen molar-refractivity contribution in [2.75, 3.05) is 31.8 Å². The van der Waals surface area contributed by atoms with Crippen molar-refractivity contribution >= 4 is 69.8 Å². The Hall–Kier alpha value is -3.87. The molecule has 2 aromatic heterocycles. The molecule has 0 atom stereocenters. The molecule has 0 radical (unpaired) electrons. The molecule has 0 bridgehead atoms. The molecule has 0 saturated heterocycles. The lowest BCUT2D eigenvalue weighted by molar-refractivity contribution is -0.117. The van der Waals surface area contributed by atoms with Gasteiger partial charge >= 0.3 is 0 Å². The molecule has 15 heteroatoms. The van der Waals surface area contributed by atoms with Crippen LogP contribution >= 0.6 is 11.3 Å². The number of hydrogen-bond acceptors (Lipinski definition) is 9. The number of carbonyl (C=O) groups is 3. The van der Waals surface area contributed by atoms with Gasteiger partial charge in [-0.1, -0.05) is 6.07 Å². The van der Waals surface area contributed by atoms with Crippen molar-refractivity contribution in [3.63, 3.8) is 0 Å². The number of methoxy groups -OCH3 is 1. The highest BCUT2D eigenvalue weighted by Gasteiger charge is 2.30. The molecule has 2 heterocycles. The third kappa shape index (κ3) is 6.33. The van der Waals surface area contributed by atoms with Crippen LogP contribution in [0.1, 0.15) is 33.8 Å². The van der Waals surface area contributed by atoms with E-state index in [-0.39, 0.29) is 29.2 Å². The zero-order valence-electron chi connectivity index (χ0n) is 22.2. The summed E-state index contributed by atoms with van der Waals surface area (Å²) in [4.78, 5) is 43.7. The number of amides is 3. The lowest BCUT2D eigenvalue weighted by Crippen LogP contribution is -2.50. The van der Waals surface area contributed by atoms with E-state index in [0.29, 0.717) is 33.4 Å². The molecule has 1 saturated carbocycles. The molecular weight excluding hydrogens is 503 g/mol. The van der Waals surface area contributed by atoms with Crippen molar-refractivity contribution in [1.29, 1.82) is 0 Å². The smallest absolute Gasteiger partial charge is 0.272 e. The Morgan fingerprint density at radius 2 is 1.87 bits per heavy atom. The zero-order chi connectivity index (χ0) is 27.6. The highest BCUT2D eigenvalue weighted by Crippen LogP contribution is 2.39. The third-order valence-electron chi connectivity index (χ3n) is 5.55. The second kappa shape index (κ2) is 10.9. The minimum Gasteiger partial charge on any atom is -0.494 e. The molecule has 1 aromatic carbocycles. The maximum atomic E-state index is 13.1. The Morgan fingerprint density at radius 1 is 1.13 bits per heavy atom. The Balaban J connectivity index is 1.71. The van der Waals surface area contributed by atoms with Crippen molar-refractivity contribution < 1.29 is 19.1 Å². The molecule has 3 N–H and O–H groups in total. The van der Waals surface area contributed by atoms with Gasteiger partial charge in [0.05, 0.1) is 24.0 Å². The van der Waals surface area contributed by atoms with E-state index in [0.717, 1.165) is 12.8 Å². The first kappa shape index (κ1) is 27.2. The van der Waals surface area contributed by atoms with E-state index in [4.69, 9.17) is 4.74 Å². The number of hydrogen-bond donors (Lipinski definition) is 3. The summed E-state index contributed by atoms with van der Waals surface area (Å²) in [5, 5.41) is 18.9. The molecule has 1 aliphatic carbocycles. The van der Waals surface area contributed by atoms with Crippen molar-refractivity contribution in [2.24, 2.45) is 5.92 Å². The lowest BCUT2D eigenvalue weighted by atomic mass is 9.49. The first-order chi connectivity index (χ1) is 18.0. The zero-order valence-corrected chi connectivity index (χ0v) is 23.0. The number of carbonyl (C=O) groups excluding carboxylic acids is 3. The fraction of sp³-hybridized carbons (Fsp3) is 0.304. The molecule has 3 amide bonds. The van der Waals surface area contributed by atoms with Crippen LogP contribution in [0.4, 0.5) is 17.2 Å². The summed E-state index contributed by atoms with van der Waals surface area (Å²) in [6.45, 7) is 0. The summed E-state index contributed by atoms with van der Waals surface area (Å²) < 4.78 is 5.74. The van der Waals surface area contributed by atoms with Crippen LogP contribution in [0.3, 0.4) is 0 Å². The van der Waals surface area contributed by atoms with Gasteiger partial charge in [-0.15, -0.1) is 21.5 Å². The monoisotopic (exact) mass is 531 g/mol. The topological polar surface area (TPSA) is 138 Å². The average Bonchev–Trinajstić information content (AvgIpc) is 3.59. The van der Waals surface area contributed by atoms with Gasteiger partial charge in [0.2, 0.25) is 5.91 Å². The number of rotatable bonds is 9. The number of ether oxygens (including phenoxy) is 1. The van der Waals surface area contributed by atoms with Crippen molar-refractivity contribution in [2.45, 2.75) is 18.1 Å². The highest BCUT2D eigenvalue weighted by molar-refractivity contribution is 7.13. The molecule has 38 heavy (non-hydrogen) atoms. The Kier molecular flexibility index (Phi) is 7.77. The van der Waals surface area contributed by atoms with Gasteiger partial charge < -0.3 is 25.6 Å². The number of para-hydroxylation sites is 1. The Labute approximate surface area is 227 Å². The maximum absolute atomic E-state index is 13.1. The van der Waals surface area contributed by atoms with Crippen LogP contribution in [0, 0.1) is 5.92 Å². The molecule has 0 unspecified atom stereocenters. The summed E-state index contributed by atoms with van der Waals surface area (Å²) in [5.74, 6) is -0.0554. The van der Waals surface area contributed by atoms with Crippen molar-refractivity contribution in [3.8, 4) is 16.3 Å². The largest absolute Gasteiger partial charge is 0.494 e. The molecule has 194 valence electrons. The quantitative estimate of drug-likeness (QED) is 0.319. The molecule has 4 rings (SSSR count). The van der Waals surface area contributed by atoms with Crippen LogP contribution < -0.4 is 20.7 Å². The first-order valence-electron chi connectivity index (χ1n) is 12.1. The van der Waals surface area contributed by atoms with Gasteiger partial charge in [0, 0.05) is 31.5 Å². The van der Waals surface area contributed by atoms with E-state index < -0.39 is 11.1 Å². The number of anilines is 3. The molecule has 11 nitrogen and oxygen atoms in total. The van der Waals surface area contributed by atoms with Crippen LogP contribution in [0.5, 0.6) is 5.75 Å².